The summed E-state index contributed by atoms with van der Waals surface area (Å²) in [5.74, 6) is -2.69. The van der Waals surface area contributed by atoms with E-state index in [9.17, 15) is 33.4 Å². The zero-order chi connectivity index (χ0) is 25.9. The molecule has 1 aliphatic rings. The third-order valence-electron chi connectivity index (χ3n) is 5.28. The number of likely N-dealkylation sites (tertiary alicyclic amines) is 1. The first-order valence-corrected chi connectivity index (χ1v) is 11.6. The number of nitrogens with zero attached hydrogens (tertiary/aromatic N) is 3. The Kier molecular flexibility index (Phi) is 7.73. The lowest BCUT2D eigenvalue weighted by atomic mass is 10.0. The number of carbonyl (C=O) groups excluding carboxylic acids is 3. The van der Waals surface area contributed by atoms with Crippen LogP contribution in [0.5, 0.6) is 11.5 Å². The smallest absolute Gasteiger partial charge is 0.289 e. The molecule has 0 saturated carbocycles. The van der Waals surface area contributed by atoms with Crippen molar-refractivity contribution in [2.75, 3.05) is 11.9 Å². The number of β-lactam (4-membered cyclic amide) rings is 1. The molecule has 1 aliphatic heterocycles. The van der Waals surface area contributed by atoms with Crippen LogP contribution in [-0.2, 0) is 15.9 Å². The van der Waals surface area contributed by atoms with Crippen LogP contribution < -0.4 is 10.7 Å². The Balaban J connectivity index is 1.62. The van der Waals surface area contributed by atoms with Crippen LogP contribution in [-0.4, -0.2) is 70.1 Å². The van der Waals surface area contributed by atoms with Crippen molar-refractivity contribution in [2.45, 2.75) is 31.1 Å². The third kappa shape index (κ3) is 5.75. The van der Waals surface area contributed by atoms with Crippen molar-refractivity contribution < 1.29 is 33.4 Å². The molecule has 14 heteroatoms. The molecule has 1 aromatic carbocycles. The number of anilines is 1. The maximum absolute atomic E-state index is 12.4. The third-order valence-corrected chi connectivity index (χ3v) is 6.66. The first-order valence-electron chi connectivity index (χ1n) is 10.1. The Morgan fingerprint density at radius 3 is 2.63 bits per heavy atom. The van der Waals surface area contributed by atoms with Crippen LogP contribution in [0.3, 0.4) is 0 Å². The highest BCUT2D eigenvalue weighted by atomic mass is 35.5. The summed E-state index contributed by atoms with van der Waals surface area (Å²) in [6, 6.07) is 4.93. The molecule has 3 amide bonds. The number of hydrazone groups is 1. The second kappa shape index (κ2) is 10.4. The fourth-order valence-corrected chi connectivity index (χ4v) is 3.78. The molecule has 0 radical (unpaired) electrons. The van der Waals surface area contributed by atoms with Gasteiger partial charge in [0.05, 0.1) is 27.2 Å². The van der Waals surface area contributed by atoms with Gasteiger partial charge in [-0.25, -0.2) is 10.4 Å². The molecular weight excluding hydrogens is 502 g/mol. The van der Waals surface area contributed by atoms with E-state index >= 15 is 0 Å². The Morgan fingerprint density at radius 1 is 1.34 bits per heavy atom. The van der Waals surface area contributed by atoms with E-state index in [1.165, 1.54) is 36.2 Å². The zero-order valence-electron chi connectivity index (χ0n) is 18.5. The molecule has 1 fully saturated rings. The minimum Gasteiger partial charge on any atom is -0.772 e. The van der Waals surface area contributed by atoms with Gasteiger partial charge in [-0.05, 0) is 49.2 Å². The molecular formula is C21H21ClN5O7S-. The summed E-state index contributed by atoms with van der Waals surface area (Å²) in [6.07, 6.45) is 2.58. The molecule has 4 N–H and O–H groups in total. The van der Waals surface area contributed by atoms with E-state index in [-0.39, 0.29) is 40.5 Å². The SMILES string of the molecule is C[C@@H]1CC(=O)N1C[C@](C)(/C=N/NC(=O)c1ccc(NC(=O)c2ccc(O)c(O)c2Cl)cn1)S(=O)[O-]. The highest BCUT2D eigenvalue weighted by Gasteiger charge is 2.38. The van der Waals surface area contributed by atoms with E-state index < -0.39 is 39.1 Å². The highest BCUT2D eigenvalue weighted by molar-refractivity contribution is 7.81. The number of rotatable bonds is 8. The summed E-state index contributed by atoms with van der Waals surface area (Å²) >= 11 is 3.25. The summed E-state index contributed by atoms with van der Waals surface area (Å²) in [4.78, 5) is 41.7. The number of phenols is 2. The van der Waals surface area contributed by atoms with E-state index in [4.69, 9.17) is 11.6 Å². The number of nitrogens with one attached hydrogen (secondary N) is 2. The fourth-order valence-electron chi connectivity index (χ4n) is 3.15. The van der Waals surface area contributed by atoms with Gasteiger partial charge in [-0.15, -0.1) is 0 Å². The Morgan fingerprint density at radius 2 is 2.06 bits per heavy atom. The van der Waals surface area contributed by atoms with E-state index in [0.717, 1.165) is 12.3 Å². The lowest BCUT2D eigenvalue weighted by Crippen LogP contribution is -2.58. The zero-order valence-corrected chi connectivity index (χ0v) is 20.1. The Hall–Kier alpha value is -3.55. The molecule has 0 aliphatic carbocycles. The van der Waals surface area contributed by atoms with Crippen LogP contribution >= 0.6 is 11.6 Å². The number of hydrogen-bond acceptors (Lipinski definition) is 9. The average molecular weight is 523 g/mol. The number of carbonyl (C=O) groups is 3. The van der Waals surface area contributed by atoms with Crippen LogP contribution in [0.4, 0.5) is 5.69 Å². The summed E-state index contributed by atoms with van der Waals surface area (Å²) in [5, 5.41) is 24.9. The van der Waals surface area contributed by atoms with E-state index in [0.29, 0.717) is 6.42 Å². The van der Waals surface area contributed by atoms with Crippen LogP contribution in [0, 0.1) is 0 Å². The molecule has 2 aromatic rings. The van der Waals surface area contributed by atoms with Gasteiger partial charge in [-0.3, -0.25) is 18.6 Å². The summed E-state index contributed by atoms with van der Waals surface area (Å²) in [7, 11) is 0. The fraction of sp³-hybridized carbons (Fsp3) is 0.286. The standard InChI is InChI=1S/C21H22ClN5O7S/c1-11-7-16(29)27(11)10-21(2,35(33)34)9-24-26-20(32)14-5-3-12(8-23-14)25-19(31)13-4-6-15(28)18(30)17(13)22/h3-6,8-9,11,28,30H,7,10H2,1-2H3,(H,25,31)(H,26,32)(H,33,34)/p-1/b24-9+/t11-,21+/m1/s1. The van der Waals surface area contributed by atoms with Crippen molar-refractivity contribution in [3.63, 3.8) is 0 Å². The molecule has 186 valence electrons. The molecule has 12 nitrogen and oxygen atoms in total. The highest BCUT2D eigenvalue weighted by Crippen LogP contribution is 2.35. The minimum atomic E-state index is -2.61. The molecule has 3 atom stereocenters. The lowest BCUT2D eigenvalue weighted by Gasteiger charge is -2.43. The van der Waals surface area contributed by atoms with Crippen molar-refractivity contribution in [3.8, 4) is 11.5 Å². The summed E-state index contributed by atoms with van der Waals surface area (Å²) < 4.78 is 21.9. The number of hydrogen-bond donors (Lipinski definition) is 4. The summed E-state index contributed by atoms with van der Waals surface area (Å²) in [6.45, 7) is 3.08. The average Bonchev–Trinajstić information content (AvgIpc) is 2.81. The number of amides is 3. The van der Waals surface area contributed by atoms with Gasteiger partial charge in [-0.1, -0.05) is 11.6 Å². The Labute approximate surface area is 207 Å². The number of phenolic OH excluding ortho intramolecular Hbond substituents is 2. The van der Waals surface area contributed by atoms with Gasteiger partial charge in [0.1, 0.15) is 5.69 Å². The minimum absolute atomic E-state index is 0.0723. The molecule has 3 rings (SSSR count). The number of pyridine rings is 1. The predicted octanol–water partition coefficient (Wildman–Crippen LogP) is 1.37. The van der Waals surface area contributed by atoms with Crippen LogP contribution in [0.15, 0.2) is 35.6 Å². The quantitative estimate of drug-likeness (QED) is 0.132. The first kappa shape index (κ1) is 26.1. The van der Waals surface area contributed by atoms with Gasteiger partial charge >= 0.3 is 0 Å². The normalized spacial score (nSPS) is 18.0. The van der Waals surface area contributed by atoms with Crippen molar-refractivity contribution in [1.82, 2.24) is 15.3 Å². The number of halogens is 1. The number of benzene rings is 1. The maximum Gasteiger partial charge on any atom is 0.289 e. The van der Waals surface area contributed by atoms with Crippen molar-refractivity contribution in [1.29, 1.82) is 0 Å². The van der Waals surface area contributed by atoms with Crippen LogP contribution in [0.1, 0.15) is 41.1 Å². The van der Waals surface area contributed by atoms with Gasteiger partial charge in [-0.2, -0.15) is 5.10 Å². The van der Waals surface area contributed by atoms with E-state index in [1.807, 2.05) is 0 Å². The molecule has 0 bridgehead atoms. The first-order chi connectivity index (χ1) is 16.4. The van der Waals surface area contributed by atoms with E-state index in [2.05, 4.69) is 20.8 Å². The molecule has 2 heterocycles. The van der Waals surface area contributed by atoms with E-state index in [1.54, 1.807) is 6.92 Å². The topological polar surface area (TPSA) is 184 Å². The number of aromatic hydroxyl groups is 2. The second-order valence-corrected chi connectivity index (χ2v) is 9.78. The lowest BCUT2D eigenvalue weighted by molar-refractivity contribution is -0.145. The van der Waals surface area contributed by atoms with Gasteiger partial charge in [0.2, 0.25) is 5.91 Å². The van der Waals surface area contributed by atoms with Crippen LogP contribution in [0.2, 0.25) is 5.02 Å². The molecule has 0 spiro atoms. The maximum atomic E-state index is 12.4. The van der Waals surface area contributed by atoms with Gasteiger partial charge in [0.25, 0.3) is 11.8 Å². The van der Waals surface area contributed by atoms with Crippen molar-refractivity contribution in [3.05, 3.63) is 46.7 Å². The predicted molar refractivity (Wildman–Crippen MR) is 126 cm³/mol. The summed E-state index contributed by atoms with van der Waals surface area (Å²) in [5.41, 5.74) is 2.23. The monoisotopic (exact) mass is 522 g/mol. The Bertz CT molecular complexity index is 1220. The molecule has 1 saturated heterocycles. The van der Waals surface area contributed by atoms with Gasteiger partial charge in [0, 0.05) is 25.2 Å². The van der Waals surface area contributed by atoms with Gasteiger partial charge < -0.3 is 25.0 Å². The molecule has 35 heavy (non-hydrogen) atoms. The number of aromatic nitrogens is 1. The van der Waals surface area contributed by atoms with Crippen molar-refractivity contribution in [2.24, 2.45) is 5.10 Å². The second-order valence-electron chi connectivity index (χ2n) is 8.00. The van der Waals surface area contributed by atoms with Crippen molar-refractivity contribution >= 4 is 52.3 Å². The van der Waals surface area contributed by atoms with Crippen LogP contribution in [0.25, 0.3) is 0 Å². The largest absolute Gasteiger partial charge is 0.772 e. The van der Waals surface area contributed by atoms with Gasteiger partial charge in [0.15, 0.2) is 11.5 Å². The molecule has 1 aromatic heterocycles. The molecule has 1 unspecified atom stereocenters.